The second-order valence-corrected chi connectivity index (χ2v) is 17.3. The van der Waals surface area contributed by atoms with Crippen molar-refractivity contribution in [2.75, 3.05) is 38.1 Å². The highest BCUT2D eigenvalue weighted by atomic mass is 35.5. The molecule has 13 nitrogen and oxygen atoms in total. The first kappa shape index (κ1) is 42.4. The molecule has 1 aliphatic carbocycles. The fraction of sp³-hybridized carbons (Fsp3) is 0.390. The summed E-state index contributed by atoms with van der Waals surface area (Å²) in [5.41, 5.74) is 1.44. The van der Waals surface area contributed by atoms with Crippen LogP contribution in [0.4, 0.5) is 14.5 Å². The molecule has 2 N–H and O–H groups in total. The summed E-state index contributed by atoms with van der Waals surface area (Å²) in [6.07, 6.45) is 4.26. The molecule has 0 amide bonds. The largest absolute Gasteiger partial charge is 0.619 e. The fourth-order valence-corrected chi connectivity index (χ4v) is 8.82. The average Bonchev–Trinajstić information content (AvgIpc) is 4.05. The van der Waals surface area contributed by atoms with Crippen LogP contribution in [-0.2, 0) is 35.5 Å². The molecule has 1 aromatic heterocycles. The minimum atomic E-state index is -4.34. The van der Waals surface area contributed by atoms with E-state index >= 15 is 0 Å². The first-order valence-corrected chi connectivity index (χ1v) is 21.4. The number of hydrogen-bond donors (Lipinski definition) is 2. The van der Waals surface area contributed by atoms with E-state index in [2.05, 4.69) is 19.7 Å². The topological polar surface area (TPSA) is 159 Å². The van der Waals surface area contributed by atoms with Crippen molar-refractivity contribution in [1.82, 2.24) is 9.62 Å². The van der Waals surface area contributed by atoms with Gasteiger partial charge in [0.05, 0.1) is 11.5 Å². The van der Waals surface area contributed by atoms with Gasteiger partial charge in [-0.25, -0.2) is 13.2 Å². The van der Waals surface area contributed by atoms with E-state index in [4.69, 9.17) is 37.4 Å². The molecule has 3 aliphatic heterocycles. The Morgan fingerprint density at radius 3 is 2.31 bits per heavy atom. The highest BCUT2D eigenvalue weighted by Crippen LogP contribution is 2.38. The van der Waals surface area contributed by atoms with Crippen LogP contribution in [0.2, 0.25) is 10.0 Å². The van der Waals surface area contributed by atoms with E-state index in [9.17, 15) is 32.0 Å². The Morgan fingerprint density at radius 2 is 1.64 bits per heavy atom. The fourth-order valence-electron chi connectivity index (χ4n) is 7.20. The number of benzene rings is 3. The van der Waals surface area contributed by atoms with Crippen molar-refractivity contribution in [3.63, 3.8) is 0 Å². The van der Waals surface area contributed by atoms with E-state index in [0.29, 0.717) is 28.4 Å². The summed E-state index contributed by atoms with van der Waals surface area (Å²) in [6.45, 7) is -1.05. The zero-order valence-electron chi connectivity index (χ0n) is 31.6. The second kappa shape index (κ2) is 18.7. The molecule has 4 aliphatic rings. The Hall–Kier alpha value is -4.74. The van der Waals surface area contributed by atoms with Gasteiger partial charge in [-0.15, -0.1) is 0 Å². The lowest BCUT2D eigenvalue weighted by Gasteiger charge is -2.44. The minimum absolute atomic E-state index is 0.0191. The molecule has 4 heterocycles. The number of sulfonamides is 1. The maximum absolute atomic E-state index is 13.7. The zero-order valence-corrected chi connectivity index (χ0v) is 33.9. The van der Waals surface area contributed by atoms with Crippen LogP contribution in [0.5, 0.6) is 11.5 Å². The number of alkyl halides is 2. The highest BCUT2D eigenvalue weighted by Gasteiger charge is 2.38. The first-order valence-electron chi connectivity index (χ1n) is 19.1. The first-order chi connectivity index (χ1) is 28.3. The lowest BCUT2D eigenvalue weighted by Crippen LogP contribution is -2.52. The number of esters is 2. The second-order valence-electron chi connectivity index (χ2n) is 14.8. The van der Waals surface area contributed by atoms with Crippen LogP contribution < -0.4 is 24.2 Å². The van der Waals surface area contributed by atoms with Gasteiger partial charge in [-0.05, 0) is 92.1 Å². The van der Waals surface area contributed by atoms with Crippen molar-refractivity contribution in [1.29, 1.82) is 0 Å². The molecule has 59 heavy (non-hydrogen) atoms. The standard InChI is InChI=1S/C41H42Cl2F2N4O9S/c42-32-21-49(52)22-33(43)31(32)19-35(28-11-12-34(58-41(44)45)36(17-28)55-24-25-9-10-25)56-38(50)20-46-59(53,54)30-8-4-7-29(18-30)47-39(27-5-2-1-3-6-27)40(51)57-37-23-48-15-13-26(37)14-16-48/h1-8,11-12,17-18,21-22,25-26,35,37,39,41,46-47H,9-10,13-16,19-20,23-24H2/t35?,37-,39?/m0/s1. The van der Waals surface area contributed by atoms with Crippen molar-refractivity contribution in [3.8, 4) is 11.5 Å². The highest BCUT2D eigenvalue weighted by molar-refractivity contribution is 7.89. The van der Waals surface area contributed by atoms with Gasteiger partial charge in [0.1, 0.15) is 28.8 Å². The summed E-state index contributed by atoms with van der Waals surface area (Å²) in [5, 5.41) is 15.0. The minimum Gasteiger partial charge on any atom is -0.619 e. The number of halogens is 4. The number of nitrogens with zero attached hydrogens (tertiary/aromatic N) is 2. The van der Waals surface area contributed by atoms with Crippen LogP contribution in [-0.4, -0.2) is 70.8 Å². The predicted octanol–water partition coefficient (Wildman–Crippen LogP) is 6.61. The van der Waals surface area contributed by atoms with Crippen LogP contribution in [0.15, 0.2) is 90.1 Å². The summed E-state index contributed by atoms with van der Waals surface area (Å²) in [4.78, 5) is 29.2. The molecule has 3 saturated heterocycles. The molecular formula is C41H42Cl2F2N4O9S. The molecule has 4 aromatic rings. The number of fused-ring (bicyclic) bond motifs is 3. The van der Waals surface area contributed by atoms with Crippen molar-refractivity contribution < 1.29 is 50.5 Å². The van der Waals surface area contributed by atoms with E-state index in [1.807, 2.05) is 6.07 Å². The van der Waals surface area contributed by atoms with Gasteiger partial charge in [0.2, 0.25) is 10.0 Å². The molecule has 0 radical (unpaired) electrons. The number of piperidine rings is 3. The number of pyridine rings is 1. The number of carbonyl (C=O) groups is 2. The summed E-state index contributed by atoms with van der Waals surface area (Å²) in [7, 11) is -4.34. The van der Waals surface area contributed by atoms with Gasteiger partial charge in [-0.2, -0.15) is 18.2 Å². The van der Waals surface area contributed by atoms with Crippen LogP contribution in [0, 0.1) is 17.0 Å². The van der Waals surface area contributed by atoms with E-state index in [-0.39, 0.29) is 62.6 Å². The van der Waals surface area contributed by atoms with Crippen molar-refractivity contribution in [2.24, 2.45) is 11.8 Å². The Bertz CT molecular complexity index is 2220. The van der Waals surface area contributed by atoms with Gasteiger partial charge in [0.15, 0.2) is 29.9 Å². The van der Waals surface area contributed by atoms with E-state index < -0.39 is 47.3 Å². The van der Waals surface area contributed by atoms with E-state index in [1.54, 1.807) is 30.3 Å². The number of hydrogen-bond acceptors (Lipinski definition) is 11. The average molecular weight is 876 g/mol. The molecule has 18 heteroatoms. The molecule has 314 valence electrons. The third-order valence-corrected chi connectivity index (χ3v) is 12.6. The Morgan fingerprint density at radius 1 is 0.915 bits per heavy atom. The van der Waals surface area contributed by atoms with Crippen LogP contribution in [0.3, 0.4) is 0 Å². The Labute approximate surface area is 350 Å². The van der Waals surface area contributed by atoms with Gasteiger partial charge >= 0.3 is 18.6 Å². The maximum atomic E-state index is 13.7. The van der Waals surface area contributed by atoms with Gasteiger partial charge in [0.25, 0.3) is 0 Å². The third kappa shape index (κ3) is 11.1. The molecule has 2 bridgehead atoms. The zero-order chi connectivity index (χ0) is 41.7. The lowest BCUT2D eigenvalue weighted by molar-refractivity contribution is -0.605. The number of anilines is 1. The quantitative estimate of drug-likeness (QED) is 0.0629. The van der Waals surface area contributed by atoms with Gasteiger partial charge in [-0.1, -0.05) is 65.7 Å². The van der Waals surface area contributed by atoms with Crippen molar-refractivity contribution >= 4 is 50.9 Å². The Kier molecular flexibility index (Phi) is 13.4. The monoisotopic (exact) mass is 874 g/mol. The normalized spacial score (nSPS) is 19.8. The Balaban J connectivity index is 1.06. The predicted molar refractivity (Wildman–Crippen MR) is 213 cm³/mol. The van der Waals surface area contributed by atoms with E-state index in [0.717, 1.165) is 51.2 Å². The summed E-state index contributed by atoms with van der Waals surface area (Å²) in [6, 6.07) is 17.8. The summed E-state index contributed by atoms with van der Waals surface area (Å²) in [5.74, 6) is -1.20. The van der Waals surface area contributed by atoms with Crippen molar-refractivity contribution in [2.45, 2.75) is 61.9 Å². The molecule has 3 atom stereocenters. The van der Waals surface area contributed by atoms with Gasteiger partial charge in [0, 0.05) is 24.2 Å². The molecule has 3 aromatic carbocycles. The molecule has 1 saturated carbocycles. The molecule has 4 fully saturated rings. The lowest BCUT2D eigenvalue weighted by atomic mass is 9.86. The van der Waals surface area contributed by atoms with Gasteiger partial charge < -0.3 is 29.5 Å². The van der Waals surface area contributed by atoms with Crippen LogP contribution in [0.1, 0.15) is 54.5 Å². The number of aromatic nitrogens is 1. The SMILES string of the molecule is O=C(CNS(=O)(=O)c1cccc(NC(C(=O)O[C@H]2CN3CCC2CC3)c2ccccc2)c1)OC(Cc1c(Cl)c[n+]([O-])cc1Cl)c1ccc(OC(F)F)c(OCC2CC2)c1. The number of nitrogens with one attached hydrogen (secondary N) is 2. The third-order valence-electron chi connectivity index (χ3n) is 10.5. The van der Waals surface area contributed by atoms with E-state index in [1.165, 1.54) is 36.4 Å². The number of rotatable bonds is 18. The number of carbonyl (C=O) groups excluding carboxylic acids is 2. The molecule has 0 spiro atoms. The van der Waals surface area contributed by atoms with Gasteiger partial charge in [-0.3, -0.25) is 9.69 Å². The van der Waals surface area contributed by atoms with Crippen LogP contribution >= 0.6 is 23.2 Å². The summed E-state index contributed by atoms with van der Waals surface area (Å²) >= 11 is 12.7. The smallest absolute Gasteiger partial charge is 0.387 e. The van der Waals surface area contributed by atoms with Crippen LogP contribution in [0.25, 0.3) is 0 Å². The molecular weight excluding hydrogens is 833 g/mol. The summed E-state index contributed by atoms with van der Waals surface area (Å²) < 4.78 is 78.6. The maximum Gasteiger partial charge on any atom is 0.387 e. The molecule has 8 rings (SSSR count). The van der Waals surface area contributed by atoms with Crippen molar-refractivity contribution in [3.05, 3.63) is 117 Å². The number of ether oxygens (including phenoxy) is 4. The molecule has 2 unspecified atom stereocenters.